The number of carboxylic acid groups (broad SMARTS) is 1. The largest absolute Gasteiger partial charge is 0.546 e. The van der Waals surface area contributed by atoms with Gasteiger partial charge in [0.25, 0.3) is 5.91 Å². The van der Waals surface area contributed by atoms with Crippen molar-refractivity contribution < 1.29 is 24.2 Å². The molecule has 1 aromatic rings. The molecule has 2 rings (SSSR count). The molecule has 6 heteroatoms. The summed E-state index contributed by atoms with van der Waals surface area (Å²) in [6.07, 6.45) is 0. The molecule has 0 fully saturated rings. The third-order valence-corrected chi connectivity index (χ3v) is 3.00. The molecule has 108 valence electrons. The van der Waals surface area contributed by atoms with E-state index < -0.39 is 18.2 Å². The van der Waals surface area contributed by atoms with Crippen molar-refractivity contribution in [2.75, 3.05) is 13.2 Å². The van der Waals surface area contributed by atoms with E-state index in [9.17, 15) is 14.7 Å². The number of nitrogens with one attached hydrogen (secondary N) is 1. The van der Waals surface area contributed by atoms with Crippen LogP contribution in [0.3, 0.4) is 0 Å². The number of carbonyl (C=O) groups excluding carboxylic acids is 2. The number of ether oxygens (including phenoxy) is 2. The Bertz CT molecular complexity index is 565. The van der Waals surface area contributed by atoms with Crippen LogP contribution in [0.25, 0.3) is 0 Å². The standard InChI is InChI=1S/C14H17NO5/c1-8-10(19-6-11(16)17)5-4-9-12(8)20-14(2,3)7-15-13(9)18/h4-5H,6-7H2,1-3H3,(H,15,18)(H,16,17)/p-1. The van der Waals surface area contributed by atoms with Crippen LogP contribution >= 0.6 is 0 Å². The Labute approximate surface area is 116 Å². The molecule has 0 saturated carbocycles. The van der Waals surface area contributed by atoms with E-state index in [0.717, 1.165) is 0 Å². The Morgan fingerprint density at radius 3 is 2.85 bits per heavy atom. The SMILES string of the molecule is Cc1c(OCC(=O)[O-])ccc2c1OC(C)(C)CNC2=O. The molecule has 0 radical (unpaired) electrons. The highest BCUT2D eigenvalue weighted by atomic mass is 16.5. The van der Waals surface area contributed by atoms with Crippen molar-refractivity contribution in [1.29, 1.82) is 0 Å². The molecule has 0 aromatic heterocycles. The molecular formula is C14H16NO5-. The lowest BCUT2D eigenvalue weighted by molar-refractivity contribution is -0.307. The fourth-order valence-electron chi connectivity index (χ4n) is 1.98. The van der Waals surface area contributed by atoms with Gasteiger partial charge in [-0.2, -0.15) is 0 Å². The normalized spacial score (nSPS) is 16.4. The van der Waals surface area contributed by atoms with Gasteiger partial charge < -0.3 is 24.7 Å². The molecule has 0 atom stereocenters. The molecule has 1 heterocycles. The van der Waals surface area contributed by atoms with Gasteiger partial charge in [-0.25, -0.2) is 0 Å². The fourth-order valence-corrected chi connectivity index (χ4v) is 1.98. The minimum absolute atomic E-state index is 0.222. The van der Waals surface area contributed by atoms with Gasteiger partial charge >= 0.3 is 0 Å². The first-order valence-corrected chi connectivity index (χ1v) is 6.23. The quantitative estimate of drug-likeness (QED) is 0.842. The topological polar surface area (TPSA) is 87.7 Å². The highest BCUT2D eigenvalue weighted by Crippen LogP contribution is 2.35. The first-order valence-electron chi connectivity index (χ1n) is 6.23. The van der Waals surface area contributed by atoms with Crippen LogP contribution in [0.15, 0.2) is 12.1 Å². The van der Waals surface area contributed by atoms with Crippen molar-refractivity contribution in [1.82, 2.24) is 5.32 Å². The Kier molecular flexibility index (Phi) is 3.57. The molecule has 20 heavy (non-hydrogen) atoms. The Morgan fingerprint density at radius 2 is 2.20 bits per heavy atom. The molecule has 0 spiro atoms. The second-order valence-corrected chi connectivity index (χ2v) is 5.27. The molecule has 1 aliphatic rings. The first kappa shape index (κ1) is 14.2. The van der Waals surface area contributed by atoms with E-state index in [-0.39, 0.29) is 5.91 Å². The fraction of sp³-hybridized carbons (Fsp3) is 0.429. The molecule has 1 aliphatic heterocycles. The third-order valence-electron chi connectivity index (χ3n) is 3.00. The van der Waals surface area contributed by atoms with Gasteiger partial charge in [-0.05, 0) is 32.9 Å². The Hall–Kier alpha value is -2.24. The van der Waals surface area contributed by atoms with E-state index >= 15 is 0 Å². The predicted octanol–water partition coefficient (Wildman–Crippen LogP) is 0.0245. The van der Waals surface area contributed by atoms with Gasteiger partial charge in [-0.3, -0.25) is 4.79 Å². The zero-order valence-electron chi connectivity index (χ0n) is 11.6. The summed E-state index contributed by atoms with van der Waals surface area (Å²) in [7, 11) is 0. The molecule has 1 amide bonds. The summed E-state index contributed by atoms with van der Waals surface area (Å²) in [6.45, 7) is 5.27. The Morgan fingerprint density at radius 1 is 1.50 bits per heavy atom. The summed E-state index contributed by atoms with van der Waals surface area (Å²) in [5, 5.41) is 13.2. The van der Waals surface area contributed by atoms with Gasteiger partial charge in [0.15, 0.2) is 0 Å². The minimum atomic E-state index is -1.31. The van der Waals surface area contributed by atoms with Crippen LogP contribution in [0.2, 0.25) is 0 Å². The van der Waals surface area contributed by atoms with E-state index in [0.29, 0.717) is 29.2 Å². The summed E-state index contributed by atoms with van der Waals surface area (Å²) in [4.78, 5) is 22.4. The number of aliphatic carboxylic acids is 1. The number of benzene rings is 1. The van der Waals surface area contributed by atoms with Gasteiger partial charge in [0.1, 0.15) is 23.7 Å². The van der Waals surface area contributed by atoms with Gasteiger partial charge in [0.05, 0.1) is 18.1 Å². The van der Waals surface area contributed by atoms with Crippen molar-refractivity contribution >= 4 is 11.9 Å². The molecule has 0 bridgehead atoms. The average molecular weight is 278 g/mol. The lowest BCUT2D eigenvalue weighted by atomic mass is 10.1. The van der Waals surface area contributed by atoms with E-state index in [2.05, 4.69) is 5.32 Å². The van der Waals surface area contributed by atoms with Crippen molar-refractivity contribution in [2.24, 2.45) is 0 Å². The van der Waals surface area contributed by atoms with Crippen LogP contribution in [0, 0.1) is 6.92 Å². The maximum absolute atomic E-state index is 12.0. The van der Waals surface area contributed by atoms with Crippen LogP contribution in [-0.4, -0.2) is 30.6 Å². The number of hydrogen-bond acceptors (Lipinski definition) is 5. The summed E-state index contributed by atoms with van der Waals surface area (Å²) in [5.41, 5.74) is 0.446. The lowest BCUT2D eigenvalue weighted by Crippen LogP contribution is -2.39. The third kappa shape index (κ3) is 2.84. The number of carbonyl (C=O) groups is 2. The zero-order chi connectivity index (χ0) is 14.9. The van der Waals surface area contributed by atoms with E-state index in [4.69, 9.17) is 9.47 Å². The molecule has 1 N–H and O–H groups in total. The van der Waals surface area contributed by atoms with Crippen LogP contribution in [0.4, 0.5) is 0 Å². The number of rotatable bonds is 3. The predicted molar refractivity (Wildman–Crippen MR) is 68.7 cm³/mol. The first-order chi connectivity index (χ1) is 9.30. The van der Waals surface area contributed by atoms with Crippen molar-refractivity contribution in [3.8, 4) is 11.5 Å². The van der Waals surface area contributed by atoms with Crippen LogP contribution < -0.4 is 19.9 Å². The van der Waals surface area contributed by atoms with Crippen LogP contribution in [0.5, 0.6) is 11.5 Å². The van der Waals surface area contributed by atoms with Crippen molar-refractivity contribution in [2.45, 2.75) is 26.4 Å². The van der Waals surface area contributed by atoms with E-state index in [1.54, 1.807) is 19.1 Å². The lowest BCUT2D eigenvalue weighted by Gasteiger charge is -2.25. The highest BCUT2D eigenvalue weighted by molar-refractivity contribution is 5.98. The highest BCUT2D eigenvalue weighted by Gasteiger charge is 2.30. The monoisotopic (exact) mass is 278 g/mol. The van der Waals surface area contributed by atoms with Gasteiger partial charge in [0.2, 0.25) is 0 Å². The summed E-state index contributed by atoms with van der Waals surface area (Å²) in [5.74, 6) is -0.752. The van der Waals surface area contributed by atoms with Crippen LogP contribution in [0.1, 0.15) is 29.8 Å². The smallest absolute Gasteiger partial charge is 0.255 e. The molecule has 0 aliphatic carbocycles. The molecule has 0 unspecified atom stereocenters. The second kappa shape index (κ2) is 5.03. The minimum Gasteiger partial charge on any atom is -0.546 e. The van der Waals surface area contributed by atoms with Crippen LogP contribution in [-0.2, 0) is 4.79 Å². The maximum Gasteiger partial charge on any atom is 0.255 e. The maximum atomic E-state index is 12.0. The van der Waals surface area contributed by atoms with Gasteiger partial charge in [-0.1, -0.05) is 0 Å². The van der Waals surface area contributed by atoms with Gasteiger partial charge in [0, 0.05) is 5.56 Å². The number of fused-ring (bicyclic) bond motifs is 1. The second-order valence-electron chi connectivity index (χ2n) is 5.27. The molecule has 1 aromatic carbocycles. The van der Waals surface area contributed by atoms with E-state index in [1.807, 2.05) is 13.8 Å². The summed E-state index contributed by atoms with van der Waals surface area (Å²) < 4.78 is 11.0. The molecule has 6 nitrogen and oxygen atoms in total. The van der Waals surface area contributed by atoms with Gasteiger partial charge in [-0.15, -0.1) is 0 Å². The zero-order valence-corrected chi connectivity index (χ0v) is 11.6. The summed E-state index contributed by atoms with van der Waals surface area (Å²) in [6, 6.07) is 3.11. The van der Waals surface area contributed by atoms with E-state index in [1.165, 1.54) is 0 Å². The van der Waals surface area contributed by atoms with Crippen molar-refractivity contribution in [3.05, 3.63) is 23.3 Å². The van der Waals surface area contributed by atoms with Crippen molar-refractivity contribution in [3.63, 3.8) is 0 Å². The number of amides is 1. The average Bonchev–Trinajstić information content (AvgIpc) is 2.47. The Balaban J connectivity index is 2.41. The molecule has 0 saturated heterocycles. The summed E-state index contributed by atoms with van der Waals surface area (Å²) >= 11 is 0. The number of hydrogen-bond donors (Lipinski definition) is 1. The number of carboxylic acids is 1. The molecular weight excluding hydrogens is 262 g/mol.